The van der Waals surface area contributed by atoms with Crippen molar-refractivity contribution in [2.45, 2.75) is 97.6 Å². The summed E-state index contributed by atoms with van der Waals surface area (Å²) in [6.45, 7) is 7.39. The minimum absolute atomic E-state index is 0.171. The molecule has 4 rings (SSSR count). The van der Waals surface area contributed by atoms with Gasteiger partial charge in [0.1, 0.15) is 12.4 Å². The second-order valence-corrected chi connectivity index (χ2v) is 13.2. The Balaban J connectivity index is 1.58. The number of hydrogen-bond acceptors (Lipinski definition) is 6. The topological polar surface area (TPSA) is 99.4 Å². The lowest BCUT2D eigenvalue weighted by Gasteiger charge is -2.33. The maximum absolute atomic E-state index is 13.7. The molecule has 1 fully saturated rings. The molecule has 3 aromatic rings. The van der Waals surface area contributed by atoms with E-state index in [1.165, 1.54) is 38.5 Å². The molecule has 4 N–H and O–H groups in total. The van der Waals surface area contributed by atoms with Gasteiger partial charge in [0.25, 0.3) is 0 Å². The van der Waals surface area contributed by atoms with Crippen LogP contribution in [-0.2, 0) is 29.1 Å². The first-order chi connectivity index (χ1) is 21.2. The maximum Gasteiger partial charge on any atom is 0.312 e. The van der Waals surface area contributed by atoms with E-state index >= 15 is 0 Å². The third-order valence-corrected chi connectivity index (χ3v) is 9.46. The monoisotopic (exact) mass is 619 g/mol. The summed E-state index contributed by atoms with van der Waals surface area (Å²) in [6, 6.07) is 15.9. The first-order valence-electron chi connectivity index (χ1n) is 16.1. The Bertz CT molecular complexity index is 1360. The second-order valence-electron chi connectivity index (χ2n) is 12.8. The van der Waals surface area contributed by atoms with Crippen LogP contribution in [0.15, 0.2) is 72.8 Å². The molecule has 1 unspecified atom stereocenters. The molecule has 1 aromatic heterocycles. The van der Waals surface area contributed by atoms with Crippen molar-refractivity contribution in [3.63, 3.8) is 0 Å². The maximum atomic E-state index is 13.7. The van der Waals surface area contributed by atoms with Gasteiger partial charge in [-0.1, -0.05) is 92.6 Å². The van der Waals surface area contributed by atoms with Crippen LogP contribution in [0.4, 0.5) is 0 Å². The van der Waals surface area contributed by atoms with Gasteiger partial charge in [0, 0.05) is 42.3 Å². The standard InChI is InChI=1S/C36H50ClN5O2/c1-4-42(39)25-31(38)17-18-32(36(2,3)35(43)44-26-28-14-10-7-11-15-28)29-16-19-33(37)30(23-29)24-41-21-20-40-34(41)22-27-12-8-5-6-9-13-27/h7,10-11,14-16,19-21,23,25,27,32H,4-6,8-9,12-13,17-18,22,24,26,38-39H2,1-3H3/b31-25-. The lowest BCUT2D eigenvalue weighted by molar-refractivity contribution is -0.156. The van der Waals surface area contributed by atoms with Crippen LogP contribution in [0.3, 0.4) is 0 Å². The summed E-state index contributed by atoms with van der Waals surface area (Å²) in [4.78, 5) is 18.4. The van der Waals surface area contributed by atoms with Crippen LogP contribution >= 0.6 is 11.6 Å². The second kappa shape index (κ2) is 16.1. The fourth-order valence-electron chi connectivity index (χ4n) is 6.29. The van der Waals surface area contributed by atoms with E-state index in [0.717, 1.165) is 28.9 Å². The summed E-state index contributed by atoms with van der Waals surface area (Å²) in [5.74, 6) is 7.35. The Labute approximate surface area is 268 Å². The predicted octanol–water partition coefficient (Wildman–Crippen LogP) is 7.73. The highest BCUT2D eigenvalue weighted by atomic mass is 35.5. The number of benzene rings is 2. The number of imidazole rings is 1. The molecule has 0 spiro atoms. The van der Waals surface area contributed by atoms with Gasteiger partial charge < -0.3 is 20.0 Å². The number of ether oxygens (including phenoxy) is 1. The molecular weight excluding hydrogens is 570 g/mol. The van der Waals surface area contributed by atoms with Crippen molar-refractivity contribution in [1.82, 2.24) is 14.6 Å². The summed E-state index contributed by atoms with van der Waals surface area (Å²) in [7, 11) is 0. The van der Waals surface area contributed by atoms with Crippen molar-refractivity contribution in [1.29, 1.82) is 0 Å². The molecule has 44 heavy (non-hydrogen) atoms. The van der Waals surface area contributed by atoms with Crippen LogP contribution < -0.4 is 11.6 Å². The molecular formula is C36H50ClN5O2. The molecule has 1 heterocycles. The number of aromatic nitrogens is 2. The highest BCUT2D eigenvalue weighted by Gasteiger charge is 2.39. The highest BCUT2D eigenvalue weighted by molar-refractivity contribution is 6.31. The molecule has 238 valence electrons. The number of halogens is 1. The van der Waals surface area contributed by atoms with Crippen molar-refractivity contribution in [3.05, 3.63) is 100 Å². The molecule has 1 aliphatic rings. The summed E-state index contributed by atoms with van der Waals surface area (Å²) < 4.78 is 8.10. The molecule has 1 atom stereocenters. The first kappa shape index (κ1) is 33.6. The van der Waals surface area contributed by atoms with Gasteiger partial charge in [-0.3, -0.25) is 4.79 Å². The number of carbonyl (C=O) groups excluding carboxylic acids is 1. The number of hydrazine groups is 1. The van der Waals surface area contributed by atoms with Crippen LogP contribution in [0.1, 0.15) is 101 Å². The summed E-state index contributed by atoms with van der Waals surface area (Å²) in [5.41, 5.74) is 9.21. The minimum atomic E-state index is -0.826. The lowest BCUT2D eigenvalue weighted by atomic mass is 9.72. The van der Waals surface area contributed by atoms with Gasteiger partial charge >= 0.3 is 5.97 Å². The number of esters is 1. The van der Waals surface area contributed by atoms with E-state index in [1.807, 2.05) is 69.4 Å². The van der Waals surface area contributed by atoms with Gasteiger partial charge in [-0.15, -0.1) is 0 Å². The van der Waals surface area contributed by atoms with E-state index < -0.39 is 5.41 Å². The normalized spacial score (nSPS) is 15.5. The average Bonchev–Trinajstić information content (AvgIpc) is 3.27. The molecule has 7 nitrogen and oxygen atoms in total. The van der Waals surface area contributed by atoms with Crippen molar-refractivity contribution in [2.24, 2.45) is 22.9 Å². The van der Waals surface area contributed by atoms with Crippen LogP contribution in [-0.4, -0.2) is 27.1 Å². The summed E-state index contributed by atoms with van der Waals surface area (Å²) >= 11 is 6.80. The number of nitrogens with two attached hydrogens (primary N) is 2. The highest BCUT2D eigenvalue weighted by Crippen LogP contribution is 2.42. The van der Waals surface area contributed by atoms with Gasteiger partial charge in [-0.2, -0.15) is 0 Å². The van der Waals surface area contributed by atoms with Crippen molar-refractivity contribution >= 4 is 17.6 Å². The quantitative estimate of drug-likeness (QED) is 0.0829. The predicted molar refractivity (Wildman–Crippen MR) is 179 cm³/mol. The Hall–Kier alpha value is -3.29. The first-order valence-corrected chi connectivity index (χ1v) is 16.5. The Kier molecular flexibility index (Phi) is 12.3. The van der Waals surface area contributed by atoms with E-state index in [0.29, 0.717) is 42.6 Å². The van der Waals surface area contributed by atoms with Gasteiger partial charge in [0.2, 0.25) is 0 Å². The number of carbonyl (C=O) groups is 1. The minimum Gasteiger partial charge on any atom is -0.460 e. The molecule has 8 heteroatoms. The van der Waals surface area contributed by atoms with Crippen molar-refractivity contribution < 1.29 is 9.53 Å². The SMILES string of the molecule is CCN(N)/C=C(\N)CCC(c1ccc(Cl)c(Cn2ccnc2CC2CCCCCC2)c1)C(C)(C)C(=O)OCc1ccccc1. The molecule has 1 aliphatic carbocycles. The lowest BCUT2D eigenvalue weighted by Crippen LogP contribution is -2.34. The zero-order valence-corrected chi connectivity index (χ0v) is 27.4. The zero-order chi connectivity index (χ0) is 31.5. The largest absolute Gasteiger partial charge is 0.460 e. The van der Waals surface area contributed by atoms with Crippen LogP contribution in [0, 0.1) is 11.3 Å². The third-order valence-electron chi connectivity index (χ3n) is 9.09. The Morgan fingerprint density at radius 1 is 1.16 bits per heavy atom. The molecule has 1 saturated carbocycles. The van der Waals surface area contributed by atoms with Gasteiger partial charge in [0.15, 0.2) is 0 Å². The van der Waals surface area contributed by atoms with Gasteiger partial charge in [0.05, 0.1) is 12.0 Å². The average molecular weight is 620 g/mol. The van der Waals surface area contributed by atoms with Gasteiger partial charge in [-0.25, -0.2) is 10.8 Å². The van der Waals surface area contributed by atoms with E-state index in [1.54, 1.807) is 11.2 Å². The molecule has 0 radical (unpaired) electrons. The van der Waals surface area contributed by atoms with E-state index in [9.17, 15) is 4.79 Å². The van der Waals surface area contributed by atoms with Gasteiger partial charge in [-0.05, 0) is 68.2 Å². The fourth-order valence-corrected chi connectivity index (χ4v) is 6.47. The van der Waals surface area contributed by atoms with Crippen molar-refractivity contribution in [2.75, 3.05) is 6.54 Å². The molecule has 0 amide bonds. The number of nitrogens with zero attached hydrogens (tertiary/aromatic N) is 3. The molecule has 0 aliphatic heterocycles. The Morgan fingerprint density at radius 3 is 2.59 bits per heavy atom. The van der Waals surface area contributed by atoms with Crippen molar-refractivity contribution in [3.8, 4) is 0 Å². The van der Waals surface area contributed by atoms with E-state index in [2.05, 4.69) is 16.8 Å². The number of allylic oxidation sites excluding steroid dienone is 1. The van der Waals surface area contributed by atoms with Crippen LogP contribution in [0.25, 0.3) is 0 Å². The van der Waals surface area contributed by atoms with E-state index in [4.69, 9.17) is 32.9 Å². The van der Waals surface area contributed by atoms with Crippen LogP contribution in [0.2, 0.25) is 5.02 Å². The number of hydrogen-bond donors (Lipinski definition) is 2. The zero-order valence-electron chi connectivity index (χ0n) is 26.7. The van der Waals surface area contributed by atoms with Crippen LogP contribution in [0.5, 0.6) is 0 Å². The molecule has 2 aromatic carbocycles. The Morgan fingerprint density at radius 2 is 1.89 bits per heavy atom. The smallest absolute Gasteiger partial charge is 0.312 e. The molecule has 0 bridgehead atoms. The molecule has 0 saturated heterocycles. The number of rotatable bonds is 14. The third kappa shape index (κ3) is 9.35. The van der Waals surface area contributed by atoms with E-state index in [-0.39, 0.29) is 18.5 Å². The summed E-state index contributed by atoms with van der Waals surface area (Å²) in [5, 5.41) is 2.27. The fraction of sp³-hybridized carbons (Fsp3) is 0.500. The summed E-state index contributed by atoms with van der Waals surface area (Å²) in [6.07, 6.45) is 15.8.